The topological polar surface area (TPSA) is 92.8 Å². The summed E-state index contributed by atoms with van der Waals surface area (Å²) in [5.41, 5.74) is 2.36. The number of benzene rings is 2. The number of piperidine rings is 1. The van der Waals surface area contributed by atoms with Crippen molar-refractivity contribution in [1.29, 1.82) is 0 Å². The summed E-state index contributed by atoms with van der Waals surface area (Å²) in [7, 11) is 0. The van der Waals surface area contributed by atoms with E-state index >= 15 is 0 Å². The minimum Gasteiger partial charge on any atom is -0.494 e. The minimum absolute atomic E-state index is 0.0321. The Morgan fingerprint density at radius 3 is 2.61 bits per heavy atom. The molecule has 1 aromatic heterocycles. The molecule has 2 heterocycles. The Balaban J connectivity index is 1.39. The van der Waals surface area contributed by atoms with Crippen molar-refractivity contribution in [3.05, 3.63) is 65.8 Å². The lowest BCUT2D eigenvalue weighted by Gasteiger charge is -2.32. The summed E-state index contributed by atoms with van der Waals surface area (Å²) < 4.78 is 12.3. The van der Waals surface area contributed by atoms with Crippen LogP contribution in [0.4, 0.5) is 10.5 Å². The van der Waals surface area contributed by atoms with Gasteiger partial charge in [0.05, 0.1) is 22.8 Å². The lowest BCUT2D eigenvalue weighted by atomic mass is 9.87. The van der Waals surface area contributed by atoms with Gasteiger partial charge in [0.1, 0.15) is 17.2 Å². The number of nitrogens with one attached hydrogen (secondary N) is 2. The number of rotatable bonds is 8. The monoisotopic (exact) mass is 534 g/mol. The van der Waals surface area contributed by atoms with E-state index in [2.05, 4.69) is 28.3 Å². The number of hydrogen-bond acceptors (Lipinski definition) is 5. The number of nitrogens with zero attached hydrogens (tertiary/aromatic N) is 2. The second-order valence-electron chi connectivity index (χ2n) is 9.57. The second kappa shape index (κ2) is 11.3. The lowest BCUT2D eigenvalue weighted by molar-refractivity contribution is -0.127. The third-order valence-electron chi connectivity index (χ3n) is 6.88. The van der Waals surface area contributed by atoms with Crippen molar-refractivity contribution >= 4 is 40.1 Å². The number of amides is 3. The van der Waals surface area contributed by atoms with E-state index in [4.69, 9.17) is 21.1 Å². The largest absolute Gasteiger partial charge is 0.494 e. The summed E-state index contributed by atoms with van der Waals surface area (Å²) in [6.45, 7) is 7.45. The number of pyridine rings is 1. The molecule has 0 unspecified atom stereocenters. The first-order valence-corrected chi connectivity index (χ1v) is 13.3. The molecular formula is C29H31ClN4O4. The number of anilines is 1. The summed E-state index contributed by atoms with van der Waals surface area (Å²) in [5, 5.41) is 6.91. The van der Waals surface area contributed by atoms with Crippen LogP contribution in [0.2, 0.25) is 5.02 Å². The third kappa shape index (κ3) is 5.86. The lowest BCUT2D eigenvalue weighted by Crippen LogP contribution is -2.36. The Labute approximate surface area is 227 Å². The molecular weight excluding hydrogens is 504 g/mol. The number of urea groups is 1. The molecule has 2 aromatic carbocycles. The Kier molecular flexibility index (Phi) is 7.69. The normalized spacial score (nSPS) is 15.7. The first-order valence-electron chi connectivity index (χ1n) is 13.0. The number of hydrogen-bond donors (Lipinski definition) is 2. The molecule has 2 fully saturated rings. The van der Waals surface area contributed by atoms with E-state index in [-0.39, 0.29) is 23.9 Å². The molecule has 8 nitrogen and oxygen atoms in total. The van der Waals surface area contributed by atoms with Crippen molar-refractivity contribution in [2.75, 3.05) is 25.0 Å². The Morgan fingerprint density at radius 1 is 1.13 bits per heavy atom. The number of fused-ring (bicyclic) bond motifs is 1. The van der Waals surface area contributed by atoms with Crippen molar-refractivity contribution in [1.82, 2.24) is 15.2 Å². The Morgan fingerprint density at radius 2 is 1.92 bits per heavy atom. The fraction of sp³-hybridized carbons (Fsp3) is 0.345. The van der Waals surface area contributed by atoms with Crippen LogP contribution in [0.1, 0.15) is 44.1 Å². The molecule has 3 aromatic rings. The molecule has 2 aliphatic rings. The molecule has 0 spiro atoms. The van der Waals surface area contributed by atoms with Gasteiger partial charge in [0, 0.05) is 42.8 Å². The molecule has 1 saturated heterocycles. The molecule has 5 rings (SSSR count). The van der Waals surface area contributed by atoms with Gasteiger partial charge in [-0.05, 0) is 74.4 Å². The number of ether oxygens (including phenoxy) is 2. The van der Waals surface area contributed by atoms with Gasteiger partial charge in [-0.15, -0.1) is 0 Å². The summed E-state index contributed by atoms with van der Waals surface area (Å²) in [6.07, 6.45) is 6.76. The Bertz CT molecular complexity index is 1370. The number of carbonyl (C=O) groups excluding carboxylic acids is 2. The fourth-order valence-electron chi connectivity index (χ4n) is 4.75. The van der Waals surface area contributed by atoms with Gasteiger partial charge in [-0.2, -0.15) is 0 Å². The van der Waals surface area contributed by atoms with E-state index in [0.29, 0.717) is 41.9 Å². The second-order valence-corrected chi connectivity index (χ2v) is 9.98. The van der Waals surface area contributed by atoms with Crippen molar-refractivity contribution in [2.24, 2.45) is 0 Å². The first kappa shape index (κ1) is 25.9. The van der Waals surface area contributed by atoms with Crippen LogP contribution in [0.15, 0.2) is 55.3 Å². The summed E-state index contributed by atoms with van der Waals surface area (Å²) >= 11 is 6.45. The van der Waals surface area contributed by atoms with Gasteiger partial charge in [0.25, 0.3) is 0 Å². The maximum Gasteiger partial charge on any atom is 0.319 e. The van der Waals surface area contributed by atoms with E-state index in [1.54, 1.807) is 24.4 Å². The highest BCUT2D eigenvalue weighted by Crippen LogP contribution is 2.40. The molecule has 9 heteroatoms. The van der Waals surface area contributed by atoms with Crippen LogP contribution >= 0.6 is 11.6 Å². The number of aromatic nitrogens is 1. The molecule has 2 N–H and O–H groups in total. The smallest absolute Gasteiger partial charge is 0.319 e. The van der Waals surface area contributed by atoms with Crippen LogP contribution in [0, 0.1) is 0 Å². The average Bonchev–Trinajstić information content (AvgIpc) is 3.74. The molecule has 3 amide bonds. The number of likely N-dealkylation sites (tertiary alicyclic amines) is 1. The first-order chi connectivity index (χ1) is 18.4. The standard InChI is InChI=1S/C29H31ClN4O4/c1-3-28(35)34-13-10-18(11-14-34)21-16-22-25(17-27(21)37-4-2)31-12-9-26(22)38-20-7-8-24(23(30)15-20)33-29(36)32-19-5-6-19/h3,7-9,12,15-19H,1,4-6,10-11,13-14H2,2H3,(H2,32,33,36). The van der Waals surface area contributed by atoms with Crippen LogP contribution in [0.5, 0.6) is 17.2 Å². The molecule has 1 aliphatic heterocycles. The predicted octanol–water partition coefficient (Wildman–Crippen LogP) is 6.26. The minimum atomic E-state index is -0.263. The zero-order chi connectivity index (χ0) is 26.6. The van der Waals surface area contributed by atoms with E-state index in [1.165, 1.54) is 6.08 Å². The molecule has 38 heavy (non-hydrogen) atoms. The quantitative estimate of drug-likeness (QED) is 0.333. The highest BCUT2D eigenvalue weighted by Gasteiger charge is 2.26. The molecule has 0 atom stereocenters. The van der Waals surface area contributed by atoms with Crippen LogP contribution in [0.3, 0.4) is 0 Å². The van der Waals surface area contributed by atoms with Crippen LogP contribution in [-0.4, -0.2) is 47.6 Å². The van der Waals surface area contributed by atoms with Gasteiger partial charge in [-0.3, -0.25) is 9.78 Å². The van der Waals surface area contributed by atoms with Crippen molar-refractivity contribution < 1.29 is 19.1 Å². The predicted molar refractivity (Wildman–Crippen MR) is 148 cm³/mol. The summed E-state index contributed by atoms with van der Waals surface area (Å²) in [6, 6.07) is 11.0. The summed E-state index contributed by atoms with van der Waals surface area (Å²) in [4.78, 5) is 30.5. The average molecular weight is 535 g/mol. The maximum absolute atomic E-state index is 12.1. The SMILES string of the molecule is C=CC(=O)N1CCC(c2cc3c(Oc4ccc(NC(=O)NC5CC5)c(Cl)c4)ccnc3cc2OCC)CC1. The molecule has 1 aliphatic carbocycles. The van der Waals surface area contributed by atoms with Crippen molar-refractivity contribution in [3.8, 4) is 17.2 Å². The van der Waals surface area contributed by atoms with Gasteiger partial charge in [0.2, 0.25) is 5.91 Å². The molecule has 0 bridgehead atoms. The zero-order valence-corrected chi connectivity index (χ0v) is 22.1. The number of halogens is 1. The van der Waals surface area contributed by atoms with Crippen molar-refractivity contribution in [3.63, 3.8) is 0 Å². The van der Waals surface area contributed by atoms with Crippen LogP contribution < -0.4 is 20.1 Å². The van der Waals surface area contributed by atoms with Crippen LogP contribution in [0.25, 0.3) is 10.9 Å². The fourth-order valence-corrected chi connectivity index (χ4v) is 4.97. The molecule has 0 radical (unpaired) electrons. The van der Waals surface area contributed by atoms with Gasteiger partial charge in [-0.25, -0.2) is 4.79 Å². The van der Waals surface area contributed by atoms with E-state index in [1.807, 2.05) is 24.0 Å². The maximum atomic E-state index is 12.1. The van der Waals surface area contributed by atoms with E-state index in [0.717, 1.165) is 47.9 Å². The van der Waals surface area contributed by atoms with Gasteiger partial charge >= 0.3 is 6.03 Å². The highest BCUT2D eigenvalue weighted by atomic mass is 35.5. The highest BCUT2D eigenvalue weighted by molar-refractivity contribution is 6.33. The Hall–Kier alpha value is -3.78. The summed E-state index contributed by atoms with van der Waals surface area (Å²) in [5.74, 6) is 2.20. The molecule has 1 saturated carbocycles. The zero-order valence-electron chi connectivity index (χ0n) is 21.3. The van der Waals surface area contributed by atoms with Gasteiger partial charge in [-0.1, -0.05) is 18.2 Å². The van der Waals surface area contributed by atoms with Crippen molar-refractivity contribution in [2.45, 2.75) is 44.6 Å². The van der Waals surface area contributed by atoms with E-state index < -0.39 is 0 Å². The van der Waals surface area contributed by atoms with E-state index in [9.17, 15) is 9.59 Å². The third-order valence-corrected chi connectivity index (χ3v) is 7.20. The number of carbonyl (C=O) groups is 2. The van der Waals surface area contributed by atoms with Crippen LogP contribution in [-0.2, 0) is 4.79 Å². The molecule has 198 valence electrons. The van der Waals surface area contributed by atoms with Gasteiger partial charge < -0.3 is 25.0 Å². The van der Waals surface area contributed by atoms with Gasteiger partial charge in [0.15, 0.2) is 0 Å².